The van der Waals surface area contributed by atoms with Gasteiger partial charge >= 0.3 is 10.1 Å². The first-order valence-corrected chi connectivity index (χ1v) is 10.1. The number of rotatable bonds is 3. The Morgan fingerprint density at radius 3 is 1.67 bits per heavy atom. The van der Waals surface area contributed by atoms with E-state index in [0.29, 0.717) is 0 Å². The lowest BCUT2D eigenvalue weighted by Gasteiger charge is -2.06. The summed E-state index contributed by atoms with van der Waals surface area (Å²) in [5.41, 5.74) is -1.60. The van der Waals surface area contributed by atoms with Crippen molar-refractivity contribution in [2.24, 2.45) is 0 Å². The third kappa shape index (κ3) is 3.33. The third-order valence-electron chi connectivity index (χ3n) is 4.57. The van der Waals surface area contributed by atoms with Crippen LogP contribution in [-0.2, 0) is 10.1 Å². The topological polar surface area (TPSA) is 82.4 Å². The molecule has 0 saturated carbocycles. The van der Waals surface area contributed by atoms with Crippen LogP contribution in [0.3, 0.4) is 0 Å². The van der Waals surface area contributed by atoms with Crippen molar-refractivity contribution in [1.82, 2.24) is 4.73 Å². The second-order valence-electron chi connectivity index (χ2n) is 6.63. The standard InChI is InChI=1S/C21H13F2NO5S/c1-12-2-6-15(7-3-12)30(27,28)29-24-20(25)18-10-13(22)4-8-16(18)17-9-5-14(23)11-19(17)21(24)26/h2-11H,1H3. The normalized spacial score (nSPS) is 11.7. The maximum Gasteiger partial charge on any atom is 0.357 e. The second-order valence-corrected chi connectivity index (χ2v) is 8.15. The number of nitrogens with zero attached hydrogens (tertiary/aromatic N) is 1. The SMILES string of the molecule is Cc1ccc(S(=O)(=O)On2c(=O)c3cc(F)ccc3c3ccc(F)cc3c2=O)cc1. The van der Waals surface area contributed by atoms with Crippen LogP contribution in [0.4, 0.5) is 8.78 Å². The van der Waals surface area contributed by atoms with Gasteiger partial charge < -0.3 is 0 Å². The van der Waals surface area contributed by atoms with Crippen molar-refractivity contribution in [3.63, 3.8) is 0 Å². The van der Waals surface area contributed by atoms with Crippen LogP contribution in [0.5, 0.6) is 0 Å². The van der Waals surface area contributed by atoms with Gasteiger partial charge in [0.25, 0.3) is 11.1 Å². The number of halogens is 2. The average molecular weight is 429 g/mol. The highest BCUT2D eigenvalue weighted by molar-refractivity contribution is 7.87. The van der Waals surface area contributed by atoms with E-state index in [4.69, 9.17) is 4.28 Å². The quantitative estimate of drug-likeness (QED) is 0.500. The van der Waals surface area contributed by atoms with Crippen molar-refractivity contribution < 1.29 is 21.5 Å². The van der Waals surface area contributed by atoms with Crippen LogP contribution in [0.15, 0.2) is 75.1 Å². The van der Waals surface area contributed by atoms with E-state index < -0.39 is 32.9 Å². The van der Waals surface area contributed by atoms with Crippen molar-refractivity contribution in [2.45, 2.75) is 11.8 Å². The van der Waals surface area contributed by atoms with Gasteiger partial charge in [0, 0.05) is 0 Å². The van der Waals surface area contributed by atoms with Crippen molar-refractivity contribution in [3.05, 3.63) is 98.6 Å². The zero-order valence-corrected chi connectivity index (χ0v) is 16.2. The molecule has 152 valence electrons. The van der Waals surface area contributed by atoms with E-state index in [1.807, 2.05) is 0 Å². The Hall–Kier alpha value is -3.59. The van der Waals surface area contributed by atoms with Crippen LogP contribution in [0, 0.1) is 18.6 Å². The predicted molar refractivity (Wildman–Crippen MR) is 107 cm³/mol. The first-order valence-electron chi connectivity index (χ1n) is 8.67. The summed E-state index contributed by atoms with van der Waals surface area (Å²) < 4.78 is 57.9. The Morgan fingerprint density at radius 1 is 0.733 bits per heavy atom. The van der Waals surface area contributed by atoms with Gasteiger partial charge in [-0.25, -0.2) is 8.78 Å². The average Bonchev–Trinajstić information content (AvgIpc) is 2.78. The molecule has 0 spiro atoms. The molecule has 0 bridgehead atoms. The molecular weight excluding hydrogens is 416 g/mol. The van der Waals surface area contributed by atoms with Gasteiger partial charge in [-0.3, -0.25) is 13.9 Å². The molecule has 0 aliphatic carbocycles. The molecule has 0 amide bonds. The lowest BCUT2D eigenvalue weighted by molar-refractivity contribution is 0.261. The van der Waals surface area contributed by atoms with Gasteiger partial charge in [0.15, 0.2) is 0 Å². The van der Waals surface area contributed by atoms with Crippen LogP contribution in [0.25, 0.3) is 21.5 Å². The molecule has 30 heavy (non-hydrogen) atoms. The fourth-order valence-corrected chi connectivity index (χ4v) is 3.97. The highest BCUT2D eigenvalue weighted by Crippen LogP contribution is 2.21. The molecule has 4 aromatic rings. The van der Waals surface area contributed by atoms with Crippen molar-refractivity contribution in [1.29, 1.82) is 0 Å². The summed E-state index contributed by atoms with van der Waals surface area (Å²) in [4.78, 5) is 25.6. The van der Waals surface area contributed by atoms with E-state index in [-0.39, 0.29) is 31.2 Å². The monoisotopic (exact) mass is 429 g/mol. The number of fused-ring (bicyclic) bond motifs is 3. The van der Waals surface area contributed by atoms with Crippen LogP contribution in [0.2, 0.25) is 0 Å². The summed E-state index contributed by atoms with van der Waals surface area (Å²) in [6.45, 7) is 1.75. The zero-order valence-electron chi connectivity index (χ0n) is 15.4. The maximum atomic E-state index is 13.8. The van der Waals surface area contributed by atoms with E-state index in [1.165, 1.54) is 36.4 Å². The van der Waals surface area contributed by atoms with Gasteiger partial charge in [-0.05, 0) is 54.1 Å². The van der Waals surface area contributed by atoms with Gasteiger partial charge in [-0.15, -0.1) is 0 Å². The Bertz CT molecular complexity index is 1470. The Labute approximate surface area is 168 Å². The van der Waals surface area contributed by atoms with Crippen molar-refractivity contribution in [2.75, 3.05) is 0 Å². The molecule has 0 saturated heterocycles. The van der Waals surface area contributed by atoms with Crippen LogP contribution in [-0.4, -0.2) is 13.1 Å². The maximum absolute atomic E-state index is 13.8. The summed E-state index contributed by atoms with van der Waals surface area (Å²) in [6, 6.07) is 11.9. The molecule has 3 aromatic carbocycles. The van der Waals surface area contributed by atoms with Crippen molar-refractivity contribution >= 4 is 31.7 Å². The Morgan fingerprint density at radius 2 is 1.20 bits per heavy atom. The molecule has 1 heterocycles. The smallest absolute Gasteiger partial charge is 0.277 e. The lowest BCUT2D eigenvalue weighted by Crippen LogP contribution is -2.38. The van der Waals surface area contributed by atoms with Gasteiger partial charge in [0.2, 0.25) is 0 Å². The predicted octanol–water partition coefficient (Wildman–Crippen LogP) is 2.92. The number of hydrogen-bond acceptors (Lipinski definition) is 5. The van der Waals surface area contributed by atoms with Gasteiger partial charge in [-0.2, -0.15) is 8.42 Å². The third-order valence-corrected chi connectivity index (χ3v) is 5.76. The van der Waals surface area contributed by atoms with Gasteiger partial charge in [0.1, 0.15) is 16.5 Å². The Kier molecular flexibility index (Phi) is 4.62. The molecule has 0 fully saturated rings. The van der Waals surface area contributed by atoms with Gasteiger partial charge in [0.05, 0.1) is 10.8 Å². The summed E-state index contributed by atoms with van der Waals surface area (Å²) in [5.74, 6) is -1.55. The molecule has 1 aromatic heterocycles. The molecular formula is C21H13F2NO5S. The zero-order chi connectivity index (χ0) is 21.6. The largest absolute Gasteiger partial charge is 0.357 e. The van der Waals surface area contributed by atoms with Crippen LogP contribution < -0.4 is 15.4 Å². The number of aryl methyl sites for hydroxylation is 1. The minimum absolute atomic E-state index is 0.0126. The summed E-state index contributed by atoms with van der Waals surface area (Å²) >= 11 is 0. The lowest BCUT2D eigenvalue weighted by atomic mass is 10.1. The van der Waals surface area contributed by atoms with Crippen LogP contribution in [0.1, 0.15) is 5.56 Å². The molecule has 0 unspecified atom stereocenters. The highest BCUT2D eigenvalue weighted by Gasteiger charge is 2.21. The van der Waals surface area contributed by atoms with Gasteiger partial charge in [-0.1, -0.05) is 34.6 Å². The molecule has 0 aliphatic rings. The molecule has 0 atom stereocenters. The molecule has 4 rings (SSSR count). The first-order chi connectivity index (χ1) is 14.2. The van der Waals surface area contributed by atoms with E-state index in [1.54, 1.807) is 6.92 Å². The van der Waals surface area contributed by atoms with E-state index in [0.717, 1.165) is 29.8 Å². The van der Waals surface area contributed by atoms with Crippen molar-refractivity contribution in [3.8, 4) is 0 Å². The fraction of sp³-hybridized carbons (Fsp3) is 0.0476. The van der Waals surface area contributed by atoms with E-state index >= 15 is 0 Å². The molecule has 0 aliphatic heterocycles. The first kappa shape index (κ1) is 19.7. The number of benzene rings is 3. The van der Waals surface area contributed by atoms with E-state index in [9.17, 15) is 26.8 Å². The second kappa shape index (κ2) is 7.03. The Balaban J connectivity index is 2.10. The minimum Gasteiger partial charge on any atom is -0.277 e. The molecule has 6 nitrogen and oxygen atoms in total. The summed E-state index contributed by atoms with van der Waals surface area (Å²) in [5, 5.41) is -0.312. The fourth-order valence-electron chi connectivity index (χ4n) is 3.08. The summed E-state index contributed by atoms with van der Waals surface area (Å²) in [6.07, 6.45) is 0. The minimum atomic E-state index is -4.59. The molecule has 9 heteroatoms. The number of hydrogen-bond donors (Lipinski definition) is 0. The number of aromatic nitrogens is 1. The molecule has 0 radical (unpaired) electrons. The summed E-state index contributed by atoms with van der Waals surface area (Å²) in [7, 11) is -4.59. The van der Waals surface area contributed by atoms with E-state index in [2.05, 4.69) is 0 Å². The molecule has 0 N–H and O–H groups in total. The highest BCUT2D eigenvalue weighted by atomic mass is 32.2. The van der Waals surface area contributed by atoms with Crippen LogP contribution >= 0.6 is 0 Å².